The minimum Gasteiger partial charge on any atom is -0.472 e. The summed E-state index contributed by atoms with van der Waals surface area (Å²) >= 11 is 0. The van der Waals surface area contributed by atoms with Gasteiger partial charge in [-0.05, 0) is 37.5 Å². The zero-order valence-electron chi connectivity index (χ0n) is 8.69. The summed E-state index contributed by atoms with van der Waals surface area (Å²) < 4.78 is 5.59. The number of rotatable bonds is 1. The minimum atomic E-state index is 0.124. The molecular formula is C12H13NO2. The molecule has 0 unspecified atom stereocenters. The van der Waals surface area contributed by atoms with E-state index in [1.54, 1.807) is 0 Å². The van der Waals surface area contributed by atoms with Crippen LogP contribution in [0.4, 0.5) is 0 Å². The third-order valence-electron chi connectivity index (χ3n) is 2.98. The van der Waals surface area contributed by atoms with Crippen LogP contribution in [0.25, 0.3) is 0 Å². The molecule has 3 heteroatoms. The molecule has 0 aromatic heterocycles. The highest BCUT2D eigenvalue weighted by molar-refractivity contribution is 5.98. The van der Waals surface area contributed by atoms with Crippen molar-refractivity contribution in [1.82, 2.24) is 4.90 Å². The second-order valence-electron chi connectivity index (χ2n) is 4.28. The molecule has 1 aromatic carbocycles. The highest BCUT2D eigenvalue weighted by atomic mass is 16.5. The van der Waals surface area contributed by atoms with E-state index in [9.17, 15) is 4.79 Å². The summed E-state index contributed by atoms with van der Waals surface area (Å²) in [6, 6.07) is 6.17. The maximum atomic E-state index is 12.1. The number of benzene rings is 1. The van der Waals surface area contributed by atoms with Crippen LogP contribution < -0.4 is 4.74 Å². The predicted molar refractivity (Wildman–Crippen MR) is 55.9 cm³/mol. The first kappa shape index (κ1) is 8.77. The molecule has 1 heterocycles. The molecule has 1 amide bonds. The van der Waals surface area contributed by atoms with Crippen molar-refractivity contribution >= 4 is 5.91 Å². The Bertz CT molecular complexity index is 424. The van der Waals surface area contributed by atoms with E-state index in [4.69, 9.17) is 4.74 Å². The van der Waals surface area contributed by atoms with E-state index in [1.807, 2.05) is 30.0 Å². The van der Waals surface area contributed by atoms with Crippen LogP contribution in [-0.2, 0) is 0 Å². The first-order valence-corrected chi connectivity index (χ1v) is 5.30. The Hall–Kier alpha value is -1.51. The first-order chi connectivity index (χ1) is 7.25. The van der Waals surface area contributed by atoms with Gasteiger partial charge in [-0.25, -0.2) is 0 Å². The van der Waals surface area contributed by atoms with E-state index in [-0.39, 0.29) is 5.91 Å². The van der Waals surface area contributed by atoms with Crippen molar-refractivity contribution < 1.29 is 9.53 Å². The van der Waals surface area contributed by atoms with Crippen LogP contribution >= 0.6 is 0 Å². The van der Waals surface area contributed by atoms with Gasteiger partial charge >= 0.3 is 0 Å². The summed E-state index contributed by atoms with van der Waals surface area (Å²) in [4.78, 5) is 13.9. The number of hydrogen-bond acceptors (Lipinski definition) is 2. The molecule has 3 rings (SSSR count). The lowest BCUT2D eigenvalue weighted by Crippen LogP contribution is -2.40. The van der Waals surface area contributed by atoms with Crippen molar-refractivity contribution in [1.29, 1.82) is 0 Å². The predicted octanol–water partition coefficient (Wildman–Crippen LogP) is 1.95. The first-order valence-electron chi connectivity index (χ1n) is 5.30. The molecule has 1 aliphatic carbocycles. The van der Waals surface area contributed by atoms with E-state index >= 15 is 0 Å². The summed E-state index contributed by atoms with van der Waals surface area (Å²) in [7, 11) is 0. The molecular weight excluding hydrogens is 190 g/mol. The molecule has 0 N–H and O–H groups in total. The van der Waals surface area contributed by atoms with Gasteiger partial charge in [-0.15, -0.1) is 0 Å². The van der Waals surface area contributed by atoms with E-state index in [2.05, 4.69) is 0 Å². The number of aryl methyl sites for hydroxylation is 1. The topological polar surface area (TPSA) is 29.5 Å². The Morgan fingerprint density at radius 1 is 1.40 bits per heavy atom. The number of amides is 1. The molecule has 0 radical (unpaired) electrons. The van der Waals surface area contributed by atoms with Gasteiger partial charge in [0.2, 0.25) is 0 Å². The standard InChI is InChI=1S/C12H13NO2/c1-8-2-5-10-11(6-8)15-7-13(12(10)14)9-3-4-9/h2,5-6,9H,3-4,7H2,1H3. The largest absolute Gasteiger partial charge is 0.472 e. The van der Waals surface area contributed by atoms with Crippen LogP contribution in [0.2, 0.25) is 0 Å². The number of ether oxygens (including phenoxy) is 1. The van der Waals surface area contributed by atoms with Gasteiger partial charge in [-0.3, -0.25) is 4.79 Å². The van der Waals surface area contributed by atoms with Crippen LogP contribution in [0, 0.1) is 6.92 Å². The van der Waals surface area contributed by atoms with Crippen molar-refractivity contribution in [3.05, 3.63) is 29.3 Å². The monoisotopic (exact) mass is 203 g/mol. The van der Waals surface area contributed by atoms with Crippen molar-refractivity contribution in [2.24, 2.45) is 0 Å². The van der Waals surface area contributed by atoms with E-state index < -0.39 is 0 Å². The van der Waals surface area contributed by atoms with Crippen LogP contribution in [0.1, 0.15) is 28.8 Å². The summed E-state index contributed by atoms with van der Waals surface area (Å²) in [5.41, 5.74) is 1.83. The Balaban J connectivity index is 1.98. The zero-order valence-corrected chi connectivity index (χ0v) is 8.69. The Labute approximate surface area is 88.6 Å². The van der Waals surface area contributed by atoms with Crippen LogP contribution in [-0.4, -0.2) is 23.6 Å². The fourth-order valence-corrected chi connectivity index (χ4v) is 1.94. The number of carbonyl (C=O) groups excluding carboxylic acids is 1. The highest BCUT2D eigenvalue weighted by Gasteiger charge is 2.36. The smallest absolute Gasteiger partial charge is 0.260 e. The van der Waals surface area contributed by atoms with E-state index in [1.165, 1.54) is 0 Å². The zero-order chi connectivity index (χ0) is 10.4. The number of fused-ring (bicyclic) bond motifs is 1. The lowest BCUT2D eigenvalue weighted by atomic mass is 10.1. The van der Waals surface area contributed by atoms with Crippen molar-refractivity contribution in [2.45, 2.75) is 25.8 Å². The van der Waals surface area contributed by atoms with Gasteiger partial charge in [-0.2, -0.15) is 0 Å². The Morgan fingerprint density at radius 2 is 2.20 bits per heavy atom. The molecule has 0 saturated heterocycles. The lowest BCUT2D eigenvalue weighted by Gasteiger charge is -2.28. The van der Waals surface area contributed by atoms with E-state index in [0.717, 1.165) is 24.2 Å². The molecule has 15 heavy (non-hydrogen) atoms. The fraction of sp³-hybridized carbons (Fsp3) is 0.417. The van der Waals surface area contributed by atoms with Gasteiger partial charge in [0.25, 0.3) is 5.91 Å². The molecule has 78 valence electrons. The second-order valence-corrected chi connectivity index (χ2v) is 4.28. The fourth-order valence-electron chi connectivity index (χ4n) is 1.94. The summed E-state index contributed by atoms with van der Waals surface area (Å²) in [6.45, 7) is 2.42. The second kappa shape index (κ2) is 2.99. The van der Waals surface area contributed by atoms with Crippen LogP contribution in [0.5, 0.6) is 5.75 Å². The van der Waals surface area contributed by atoms with Gasteiger partial charge in [0.1, 0.15) is 5.75 Å². The molecule has 1 saturated carbocycles. The summed E-state index contributed by atoms with van der Waals surface area (Å²) in [5, 5.41) is 0. The van der Waals surface area contributed by atoms with Crippen molar-refractivity contribution in [3.8, 4) is 5.75 Å². The van der Waals surface area contributed by atoms with Gasteiger partial charge in [0.15, 0.2) is 6.73 Å². The number of carbonyl (C=O) groups is 1. The van der Waals surface area contributed by atoms with Gasteiger partial charge in [0.05, 0.1) is 5.56 Å². The van der Waals surface area contributed by atoms with Crippen molar-refractivity contribution in [2.75, 3.05) is 6.73 Å². The average molecular weight is 203 g/mol. The Kier molecular flexibility index (Phi) is 1.75. The molecule has 1 aliphatic heterocycles. The van der Waals surface area contributed by atoms with Gasteiger partial charge < -0.3 is 9.64 Å². The SMILES string of the molecule is Cc1ccc2c(c1)OCN(C1CC1)C2=O. The summed E-state index contributed by atoms with van der Waals surface area (Å²) in [6.07, 6.45) is 2.24. The van der Waals surface area contributed by atoms with Crippen LogP contribution in [0.3, 0.4) is 0 Å². The molecule has 2 aliphatic rings. The molecule has 3 nitrogen and oxygen atoms in total. The molecule has 1 fully saturated rings. The molecule has 0 bridgehead atoms. The van der Waals surface area contributed by atoms with Crippen molar-refractivity contribution in [3.63, 3.8) is 0 Å². The third kappa shape index (κ3) is 1.39. The minimum absolute atomic E-state index is 0.124. The van der Waals surface area contributed by atoms with Gasteiger partial charge in [0, 0.05) is 6.04 Å². The molecule has 0 spiro atoms. The highest BCUT2D eigenvalue weighted by Crippen LogP contribution is 2.33. The maximum Gasteiger partial charge on any atom is 0.260 e. The molecule has 0 atom stereocenters. The van der Waals surface area contributed by atoms with Gasteiger partial charge in [-0.1, -0.05) is 6.07 Å². The quantitative estimate of drug-likeness (QED) is 0.698. The summed E-state index contributed by atoms with van der Waals surface area (Å²) in [5.74, 6) is 0.857. The average Bonchev–Trinajstić information content (AvgIpc) is 3.01. The molecule has 1 aromatic rings. The van der Waals surface area contributed by atoms with E-state index in [0.29, 0.717) is 18.3 Å². The van der Waals surface area contributed by atoms with Crippen LogP contribution in [0.15, 0.2) is 18.2 Å². The third-order valence-corrected chi connectivity index (χ3v) is 2.98. The number of hydrogen-bond donors (Lipinski definition) is 0. The number of nitrogens with zero attached hydrogens (tertiary/aromatic N) is 1. The Morgan fingerprint density at radius 3 is 2.93 bits per heavy atom. The normalized spacial score (nSPS) is 19.8. The maximum absolute atomic E-state index is 12.1. The lowest BCUT2D eigenvalue weighted by molar-refractivity contribution is 0.0498.